The number of benzene rings is 1. The predicted octanol–water partition coefficient (Wildman–Crippen LogP) is 1.48. The fraction of sp³-hybridized carbons (Fsp3) is 0.133. The maximum Gasteiger partial charge on any atom is 0.253 e. The van der Waals surface area contributed by atoms with Crippen molar-refractivity contribution < 1.29 is 4.79 Å². The van der Waals surface area contributed by atoms with Gasteiger partial charge in [-0.25, -0.2) is 4.98 Å². The Labute approximate surface area is 121 Å². The second-order valence-electron chi connectivity index (χ2n) is 4.73. The molecule has 6 nitrogen and oxygen atoms in total. The Morgan fingerprint density at radius 3 is 2.76 bits per heavy atom. The van der Waals surface area contributed by atoms with Crippen LogP contribution in [0.2, 0.25) is 0 Å². The number of carbonyl (C=O) groups excluding carboxylic acids is 1. The third-order valence-corrected chi connectivity index (χ3v) is 3.42. The maximum atomic E-state index is 12.4. The Bertz CT molecular complexity index is 809. The largest absolute Gasteiger partial charge is 0.383 e. The number of nitrogens with one attached hydrogen (secondary N) is 1. The first-order valence-electron chi connectivity index (χ1n) is 6.55. The summed E-state index contributed by atoms with van der Waals surface area (Å²) in [4.78, 5) is 16.4. The van der Waals surface area contributed by atoms with Crippen LogP contribution in [-0.4, -0.2) is 20.7 Å². The van der Waals surface area contributed by atoms with Gasteiger partial charge >= 0.3 is 0 Å². The minimum atomic E-state index is -0.181. The summed E-state index contributed by atoms with van der Waals surface area (Å²) >= 11 is 0. The first kappa shape index (κ1) is 13.1. The minimum absolute atomic E-state index is 0.181. The SMILES string of the molecule is Cn1nccc1CNC(=O)c1cnc(N)c2ccccc12. The van der Waals surface area contributed by atoms with Gasteiger partial charge in [-0.2, -0.15) is 5.10 Å². The first-order valence-corrected chi connectivity index (χ1v) is 6.55. The molecule has 21 heavy (non-hydrogen) atoms. The lowest BCUT2D eigenvalue weighted by Crippen LogP contribution is -2.24. The molecule has 0 saturated carbocycles. The Balaban J connectivity index is 1.88. The van der Waals surface area contributed by atoms with Gasteiger partial charge in [-0.3, -0.25) is 9.48 Å². The van der Waals surface area contributed by atoms with E-state index < -0.39 is 0 Å². The van der Waals surface area contributed by atoms with Gasteiger partial charge in [0.25, 0.3) is 5.91 Å². The van der Waals surface area contributed by atoms with Gasteiger partial charge in [0.15, 0.2) is 0 Å². The number of carbonyl (C=O) groups is 1. The van der Waals surface area contributed by atoms with Gasteiger partial charge in [0.2, 0.25) is 0 Å². The van der Waals surface area contributed by atoms with E-state index in [1.165, 1.54) is 6.20 Å². The van der Waals surface area contributed by atoms with Crippen LogP contribution in [0.4, 0.5) is 5.82 Å². The smallest absolute Gasteiger partial charge is 0.253 e. The number of hydrogen-bond donors (Lipinski definition) is 2. The standard InChI is InChI=1S/C15H15N5O/c1-20-10(6-7-19-20)8-18-15(21)13-9-17-14(16)12-5-3-2-4-11(12)13/h2-7,9H,8H2,1H3,(H2,16,17)(H,18,21). The molecule has 0 atom stereocenters. The topological polar surface area (TPSA) is 85.8 Å². The van der Waals surface area contributed by atoms with E-state index in [1.54, 1.807) is 10.9 Å². The zero-order valence-corrected chi connectivity index (χ0v) is 11.6. The maximum absolute atomic E-state index is 12.4. The number of aromatic nitrogens is 3. The molecule has 1 aromatic carbocycles. The molecule has 3 rings (SSSR count). The van der Waals surface area contributed by atoms with Crippen molar-refractivity contribution in [3.8, 4) is 0 Å². The Morgan fingerprint density at radius 1 is 1.29 bits per heavy atom. The highest BCUT2D eigenvalue weighted by atomic mass is 16.1. The molecule has 2 heterocycles. The minimum Gasteiger partial charge on any atom is -0.383 e. The molecule has 3 aromatic rings. The molecule has 6 heteroatoms. The summed E-state index contributed by atoms with van der Waals surface area (Å²) in [7, 11) is 1.83. The summed E-state index contributed by atoms with van der Waals surface area (Å²) in [6, 6.07) is 9.33. The number of nitrogen functional groups attached to an aromatic ring is 1. The highest BCUT2D eigenvalue weighted by molar-refractivity contribution is 6.08. The number of rotatable bonds is 3. The second kappa shape index (κ2) is 5.24. The van der Waals surface area contributed by atoms with E-state index in [4.69, 9.17) is 5.73 Å². The predicted molar refractivity (Wildman–Crippen MR) is 80.5 cm³/mol. The molecule has 0 bridgehead atoms. The molecule has 0 unspecified atom stereocenters. The van der Waals surface area contributed by atoms with E-state index in [-0.39, 0.29) is 5.91 Å². The number of nitrogens with zero attached hydrogens (tertiary/aromatic N) is 3. The van der Waals surface area contributed by atoms with Gasteiger partial charge < -0.3 is 11.1 Å². The lowest BCUT2D eigenvalue weighted by Gasteiger charge is -2.09. The summed E-state index contributed by atoms with van der Waals surface area (Å²) in [6.45, 7) is 0.411. The van der Waals surface area contributed by atoms with Gasteiger partial charge in [0, 0.05) is 24.8 Å². The van der Waals surface area contributed by atoms with Crippen molar-refractivity contribution in [2.45, 2.75) is 6.54 Å². The third-order valence-electron chi connectivity index (χ3n) is 3.42. The molecular formula is C15H15N5O. The number of fused-ring (bicyclic) bond motifs is 1. The van der Waals surface area contributed by atoms with Crippen molar-refractivity contribution >= 4 is 22.5 Å². The Kier molecular flexibility index (Phi) is 3.27. The lowest BCUT2D eigenvalue weighted by molar-refractivity contribution is 0.0951. The van der Waals surface area contributed by atoms with Gasteiger partial charge in [-0.1, -0.05) is 24.3 Å². The number of nitrogens with two attached hydrogens (primary N) is 1. The van der Waals surface area contributed by atoms with E-state index in [2.05, 4.69) is 15.4 Å². The molecule has 0 spiro atoms. The third kappa shape index (κ3) is 2.43. The highest BCUT2D eigenvalue weighted by Crippen LogP contribution is 2.22. The van der Waals surface area contributed by atoms with E-state index in [0.29, 0.717) is 17.9 Å². The molecule has 1 amide bonds. The number of amides is 1. The number of hydrogen-bond acceptors (Lipinski definition) is 4. The van der Waals surface area contributed by atoms with Crippen molar-refractivity contribution in [1.82, 2.24) is 20.1 Å². The zero-order chi connectivity index (χ0) is 14.8. The monoisotopic (exact) mass is 281 g/mol. The van der Waals surface area contributed by atoms with Gasteiger partial charge in [-0.05, 0) is 11.5 Å². The van der Waals surface area contributed by atoms with E-state index in [0.717, 1.165) is 16.5 Å². The fourth-order valence-electron chi connectivity index (χ4n) is 2.24. The Morgan fingerprint density at radius 2 is 2.05 bits per heavy atom. The number of anilines is 1. The van der Waals surface area contributed by atoms with Crippen LogP contribution >= 0.6 is 0 Å². The molecule has 3 N–H and O–H groups in total. The van der Waals surface area contributed by atoms with E-state index >= 15 is 0 Å². The average molecular weight is 281 g/mol. The zero-order valence-electron chi connectivity index (χ0n) is 11.6. The van der Waals surface area contributed by atoms with Crippen LogP contribution in [0.1, 0.15) is 16.1 Å². The normalized spacial score (nSPS) is 10.7. The summed E-state index contributed by atoms with van der Waals surface area (Å²) < 4.78 is 1.72. The van der Waals surface area contributed by atoms with Crippen LogP contribution < -0.4 is 11.1 Å². The van der Waals surface area contributed by atoms with Gasteiger partial charge in [-0.15, -0.1) is 0 Å². The molecule has 0 aliphatic rings. The average Bonchev–Trinajstić information content (AvgIpc) is 2.91. The van der Waals surface area contributed by atoms with Crippen molar-refractivity contribution in [3.05, 3.63) is 54.0 Å². The highest BCUT2D eigenvalue weighted by Gasteiger charge is 2.12. The van der Waals surface area contributed by atoms with Crippen LogP contribution in [0.15, 0.2) is 42.7 Å². The molecule has 0 aliphatic carbocycles. The second-order valence-corrected chi connectivity index (χ2v) is 4.73. The van der Waals surface area contributed by atoms with Crippen LogP contribution in [0, 0.1) is 0 Å². The van der Waals surface area contributed by atoms with E-state index in [9.17, 15) is 4.79 Å². The molecule has 0 fully saturated rings. The molecular weight excluding hydrogens is 266 g/mol. The van der Waals surface area contributed by atoms with Crippen molar-refractivity contribution in [3.63, 3.8) is 0 Å². The fourth-order valence-corrected chi connectivity index (χ4v) is 2.24. The van der Waals surface area contributed by atoms with Crippen LogP contribution in [0.3, 0.4) is 0 Å². The van der Waals surface area contributed by atoms with Crippen LogP contribution in [-0.2, 0) is 13.6 Å². The summed E-state index contributed by atoms with van der Waals surface area (Å²) in [5, 5.41) is 8.52. The molecule has 0 saturated heterocycles. The first-order chi connectivity index (χ1) is 10.2. The molecule has 0 radical (unpaired) electrons. The summed E-state index contributed by atoms with van der Waals surface area (Å²) in [6.07, 6.45) is 3.21. The lowest BCUT2D eigenvalue weighted by atomic mass is 10.1. The number of pyridine rings is 1. The molecule has 106 valence electrons. The van der Waals surface area contributed by atoms with Crippen LogP contribution in [0.25, 0.3) is 10.8 Å². The Hall–Kier alpha value is -2.89. The van der Waals surface area contributed by atoms with Gasteiger partial charge in [0.05, 0.1) is 17.8 Å². The molecule has 0 aliphatic heterocycles. The summed E-state index contributed by atoms with van der Waals surface area (Å²) in [5.74, 6) is 0.244. The van der Waals surface area contributed by atoms with Gasteiger partial charge in [0.1, 0.15) is 5.82 Å². The van der Waals surface area contributed by atoms with Crippen molar-refractivity contribution in [1.29, 1.82) is 0 Å². The molecule has 2 aromatic heterocycles. The summed E-state index contributed by atoms with van der Waals surface area (Å²) in [5.41, 5.74) is 7.28. The van der Waals surface area contributed by atoms with Crippen molar-refractivity contribution in [2.24, 2.45) is 7.05 Å². The van der Waals surface area contributed by atoms with Crippen molar-refractivity contribution in [2.75, 3.05) is 5.73 Å². The quantitative estimate of drug-likeness (QED) is 0.761. The van der Waals surface area contributed by atoms with Crippen LogP contribution in [0.5, 0.6) is 0 Å². The number of aryl methyl sites for hydroxylation is 1. The van der Waals surface area contributed by atoms with E-state index in [1.807, 2.05) is 37.4 Å².